The number of carbonyl (C=O) groups excluding carboxylic acids is 2. The van der Waals surface area contributed by atoms with Gasteiger partial charge in [-0.05, 0) is 32.8 Å². The third kappa shape index (κ3) is 4.58. The van der Waals surface area contributed by atoms with Crippen LogP contribution in [0.1, 0.15) is 37.8 Å². The van der Waals surface area contributed by atoms with E-state index in [1.54, 1.807) is 0 Å². The van der Waals surface area contributed by atoms with E-state index >= 15 is 0 Å². The van der Waals surface area contributed by atoms with E-state index in [4.69, 9.17) is 0 Å². The lowest BCUT2D eigenvalue weighted by Crippen LogP contribution is -2.34. The van der Waals surface area contributed by atoms with Gasteiger partial charge in [0.2, 0.25) is 11.8 Å². The van der Waals surface area contributed by atoms with Crippen LogP contribution in [0, 0.1) is 12.8 Å². The molecule has 1 saturated heterocycles. The first-order valence-electron chi connectivity index (χ1n) is 8.07. The zero-order chi connectivity index (χ0) is 16.1. The Morgan fingerprint density at radius 3 is 2.82 bits per heavy atom. The summed E-state index contributed by atoms with van der Waals surface area (Å²) in [6, 6.07) is 8.49. The number of benzene rings is 1. The fourth-order valence-corrected chi connectivity index (χ4v) is 2.92. The third-order valence-corrected chi connectivity index (χ3v) is 4.17. The Balaban J connectivity index is 1.71. The van der Waals surface area contributed by atoms with E-state index in [0.29, 0.717) is 19.4 Å². The summed E-state index contributed by atoms with van der Waals surface area (Å²) in [7, 11) is 0. The van der Waals surface area contributed by atoms with Crippen LogP contribution in [0.4, 0.5) is 0 Å². The highest BCUT2D eigenvalue weighted by molar-refractivity contribution is 5.79. The number of amides is 2. The second-order valence-corrected chi connectivity index (χ2v) is 6.50. The maximum atomic E-state index is 11.9. The van der Waals surface area contributed by atoms with Gasteiger partial charge in [-0.25, -0.2) is 0 Å². The summed E-state index contributed by atoms with van der Waals surface area (Å²) in [5.74, 6) is 0.517. The number of hydrogen-bond acceptors (Lipinski definition) is 2. The molecule has 4 nitrogen and oxygen atoms in total. The molecule has 1 aromatic carbocycles. The molecular formula is C18H26N2O2. The fraction of sp³-hybridized carbons (Fsp3) is 0.556. The molecule has 0 bridgehead atoms. The van der Waals surface area contributed by atoms with Gasteiger partial charge in [-0.3, -0.25) is 9.59 Å². The summed E-state index contributed by atoms with van der Waals surface area (Å²) in [5, 5.41) is 2.97. The van der Waals surface area contributed by atoms with Crippen LogP contribution in [0.5, 0.6) is 0 Å². The fourth-order valence-electron chi connectivity index (χ4n) is 2.92. The Hall–Kier alpha value is -1.84. The predicted octanol–water partition coefficient (Wildman–Crippen LogP) is 2.30. The molecule has 1 heterocycles. The van der Waals surface area contributed by atoms with E-state index in [0.717, 1.165) is 13.0 Å². The van der Waals surface area contributed by atoms with Gasteiger partial charge < -0.3 is 10.2 Å². The molecule has 120 valence electrons. The van der Waals surface area contributed by atoms with Crippen LogP contribution >= 0.6 is 0 Å². The molecule has 1 fully saturated rings. The van der Waals surface area contributed by atoms with E-state index in [1.807, 2.05) is 24.8 Å². The van der Waals surface area contributed by atoms with Gasteiger partial charge in [0, 0.05) is 37.9 Å². The number of nitrogens with zero attached hydrogens (tertiary/aromatic N) is 1. The Kier molecular flexibility index (Phi) is 5.58. The zero-order valence-electron chi connectivity index (χ0n) is 13.8. The van der Waals surface area contributed by atoms with E-state index < -0.39 is 0 Å². The van der Waals surface area contributed by atoms with Crippen LogP contribution in [0.15, 0.2) is 24.3 Å². The Labute approximate surface area is 132 Å². The summed E-state index contributed by atoms with van der Waals surface area (Å²) in [5.41, 5.74) is 2.41. The summed E-state index contributed by atoms with van der Waals surface area (Å²) in [6.07, 6.45) is 1.81. The second-order valence-electron chi connectivity index (χ2n) is 6.50. The van der Waals surface area contributed by atoms with Crippen molar-refractivity contribution in [2.45, 2.75) is 46.1 Å². The highest BCUT2D eigenvalue weighted by atomic mass is 16.2. The Morgan fingerprint density at radius 2 is 2.18 bits per heavy atom. The first-order chi connectivity index (χ1) is 10.5. The van der Waals surface area contributed by atoms with Crippen molar-refractivity contribution in [3.63, 3.8) is 0 Å². The van der Waals surface area contributed by atoms with Crippen molar-refractivity contribution in [1.82, 2.24) is 10.2 Å². The van der Waals surface area contributed by atoms with Crippen LogP contribution in [0.2, 0.25) is 0 Å². The molecule has 1 unspecified atom stereocenters. The summed E-state index contributed by atoms with van der Waals surface area (Å²) in [4.78, 5) is 25.7. The Morgan fingerprint density at radius 1 is 1.41 bits per heavy atom. The van der Waals surface area contributed by atoms with Crippen LogP contribution in [-0.2, 0) is 16.0 Å². The van der Waals surface area contributed by atoms with Gasteiger partial charge in [0.05, 0.1) is 0 Å². The second kappa shape index (κ2) is 7.43. The van der Waals surface area contributed by atoms with Crippen molar-refractivity contribution in [2.75, 3.05) is 13.1 Å². The smallest absolute Gasteiger partial charge is 0.223 e. The molecule has 1 atom stereocenters. The first-order valence-corrected chi connectivity index (χ1v) is 8.07. The van der Waals surface area contributed by atoms with Crippen molar-refractivity contribution in [2.24, 2.45) is 5.92 Å². The lowest BCUT2D eigenvalue weighted by atomic mass is 10.1. The molecule has 1 aliphatic rings. The van der Waals surface area contributed by atoms with Crippen molar-refractivity contribution in [1.29, 1.82) is 0 Å². The third-order valence-electron chi connectivity index (χ3n) is 4.17. The van der Waals surface area contributed by atoms with Crippen molar-refractivity contribution in [3.8, 4) is 0 Å². The average molecular weight is 302 g/mol. The van der Waals surface area contributed by atoms with E-state index in [9.17, 15) is 9.59 Å². The molecule has 2 rings (SSSR count). The number of rotatable bonds is 6. The lowest BCUT2D eigenvalue weighted by Gasteiger charge is -2.21. The molecule has 22 heavy (non-hydrogen) atoms. The van der Waals surface area contributed by atoms with Gasteiger partial charge in [-0.2, -0.15) is 0 Å². The molecule has 0 spiro atoms. The number of hydrogen-bond donors (Lipinski definition) is 1. The Bertz CT molecular complexity index is 540. The predicted molar refractivity (Wildman–Crippen MR) is 87.5 cm³/mol. The molecule has 2 amide bonds. The van der Waals surface area contributed by atoms with E-state index in [-0.39, 0.29) is 23.8 Å². The number of aryl methyl sites for hydroxylation is 2. The summed E-state index contributed by atoms with van der Waals surface area (Å²) >= 11 is 0. The van der Waals surface area contributed by atoms with Gasteiger partial charge in [0.25, 0.3) is 0 Å². The standard InChI is InChI=1S/C18H26N2O2/c1-13(2)20-12-16(10-18(20)22)11-19-17(21)8-7-15-6-4-5-14(3)9-15/h4-6,9,13,16H,7-8,10-12H2,1-3H3,(H,19,21). The molecule has 0 radical (unpaired) electrons. The average Bonchev–Trinajstić information content (AvgIpc) is 2.84. The topological polar surface area (TPSA) is 49.4 Å². The number of nitrogens with one attached hydrogen (secondary N) is 1. The minimum atomic E-state index is 0.0666. The highest BCUT2D eigenvalue weighted by Gasteiger charge is 2.30. The van der Waals surface area contributed by atoms with Crippen LogP contribution in [-0.4, -0.2) is 35.8 Å². The van der Waals surface area contributed by atoms with Crippen molar-refractivity contribution >= 4 is 11.8 Å². The van der Waals surface area contributed by atoms with Gasteiger partial charge in [-0.1, -0.05) is 29.8 Å². The summed E-state index contributed by atoms with van der Waals surface area (Å²) in [6.45, 7) is 7.47. The molecule has 4 heteroatoms. The number of carbonyl (C=O) groups is 2. The van der Waals surface area contributed by atoms with Crippen LogP contribution in [0.25, 0.3) is 0 Å². The van der Waals surface area contributed by atoms with Crippen LogP contribution < -0.4 is 5.32 Å². The molecule has 1 aliphatic heterocycles. The first kappa shape index (κ1) is 16.5. The minimum absolute atomic E-state index is 0.0666. The molecule has 0 aromatic heterocycles. The maximum Gasteiger partial charge on any atom is 0.223 e. The van der Waals surface area contributed by atoms with Crippen molar-refractivity contribution < 1.29 is 9.59 Å². The normalized spacial score (nSPS) is 18.1. The zero-order valence-corrected chi connectivity index (χ0v) is 13.8. The molecule has 1 N–H and O–H groups in total. The van der Waals surface area contributed by atoms with Gasteiger partial charge in [0.15, 0.2) is 0 Å². The maximum absolute atomic E-state index is 11.9. The largest absolute Gasteiger partial charge is 0.356 e. The summed E-state index contributed by atoms with van der Waals surface area (Å²) < 4.78 is 0. The number of likely N-dealkylation sites (tertiary alicyclic amines) is 1. The molecule has 0 aliphatic carbocycles. The minimum Gasteiger partial charge on any atom is -0.356 e. The van der Waals surface area contributed by atoms with Crippen LogP contribution in [0.3, 0.4) is 0 Å². The molecule has 0 saturated carbocycles. The van der Waals surface area contributed by atoms with Gasteiger partial charge in [-0.15, -0.1) is 0 Å². The molecular weight excluding hydrogens is 276 g/mol. The van der Waals surface area contributed by atoms with E-state index in [1.165, 1.54) is 11.1 Å². The molecule has 1 aromatic rings. The van der Waals surface area contributed by atoms with Crippen molar-refractivity contribution in [3.05, 3.63) is 35.4 Å². The SMILES string of the molecule is Cc1cccc(CCC(=O)NCC2CC(=O)N(C(C)C)C2)c1. The quantitative estimate of drug-likeness (QED) is 0.876. The van der Waals surface area contributed by atoms with Gasteiger partial charge >= 0.3 is 0 Å². The van der Waals surface area contributed by atoms with Gasteiger partial charge in [0.1, 0.15) is 0 Å². The van der Waals surface area contributed by atoms with E-state index in [2.05, 4.69) is 30.4 Å². The monoisotopic (exact) mass is 302 g/mol. The lowest BCUT2D eigenvalue weighted by molar-refractivity contribution is -0.129. The highest BCUT2D eigenvalue weighted by Crippen LogP contribution is 2.19.